The number of carboxylic acids is 1. The minimum absolute atomic E-state index is 0.220. The molecule has 1 atom stereocenters. The topological polar surface area (TPSA) is 84.1 Å². The van der Waals surface area contributed by atoms with Gasteiger partial charge in [-0.25, -0.2) is 4.68 Å². The molecule has 0 aromatic carbocycles. The predicted octanol–water partition coefficient (Wildman–Crippen LogP) is 1.08. The van der Waals surface area contributed by atoms with Gasteiger partial charge in [0.1, 0.15) is 6.04 Å². The molecule has 1 saturated heterocycles. The normalized spacial score (nSPS) is 26.6. The van der Waals surface area contributed by atoms with Crippen LogP contribution in [0.3, 0.4) is 0 Å². The van der Waals surface area contributed by atoms with Crippen LogP contribution in [0, 0.1) is 5.41 Å². The summed E-state index contributed by atoms with van der Waals surface area (Å²) in [4.78, 5) is 13.7. The van der Waals surface area contributed by atoms with Crippen molar-refractivity contribution in [2.24, 2.45) is 5.41 Å². The molecule has 110 valence electrons. The van der Waals surface area contributed by atoms with E-state index in [9.17, 15) is 9.90 Å². The number of nitrogens with zero attached hydrogens (tertiary/aromatic N) is 5. The Labute approximate surface area is 117 Å². The van der Waals surface area contributed by atoms with Crippen LogP contribution in [0.5, 0.6) is 0 Å². The Morgan fingerprint density at radius 1 is 1.45 bits per heavy atom. The number of hydrogen-bond donors (Lipinski definition) is 1. The molecular formula is C13H21N5O2. The average molecular weight is 279 g/mol. The minimum Gasteiger partial charge on any atom is -0.480 e. The zero-order valence-corrected chi connectivity index (χ0v) is 12.0. The second-order valence-corrected chi connectivity index (χ2v) is 6.57. The monoisotopic (exact) mass is 279 g/mol. The molecule has 3 rings (SSSR count). The van der Waals surface area contributed by atoms with Crippen LogP contribution in [-0.2, 0) is 11.3 Å². The maximum Gasteiger partial charge on any atom is 0.321 e. The molecule has 0 bridgehead atoms. The summed E-state index contributed by atoms with van der Waals surface area (Å²) < 4.78 is 1.86. The number of tetrazole rings is 1. The standard InChI is InChI=1S/C13H21N5O2/c1-13(2)6-3-7-17(11(13)12(19)20)8-10-14-15-16-18(10)9-4-5-9/h9,11H,3-8H2,1-2H3,(H,19,20). The van der Waals surface area contributed by atoms with Crippen molar-refractivity contribution in [3.05, 3.63) is 5.82 Å². The predicted molar refractivity (Wildman–Crippen MR) is 70.9 cm³/mol. The van der Waals surface area contributed by atoms with Crippen LogP contribution in [-0.4, -0.2) is 48.8 Å². The highest BCUT2D eigenvalue weighted by Gasteiger charge is 2.43. The summed E-state index contributed by atoms with van der Waals surface area (Å²) in [6, 6.07) is -0.0540. The summed E-state index contributed by atoms with van der Waals surface area (Å²) in [5.74, 6) is 0.0385. The van der Waals surface area contributed by atoms with Crippen LogP contribution < -0.4 is 0 Å². The van der Waals surface area contributed by atoms with Crippen molar-refractivity contribution in [3.8, 4) is 0 Å². The molecular weight excluding hydrogens is 258 g/mol. The smallest absolute Gasteiger partial charge is 0.321 e. The molecule has 1 aromatic rings. The van der Waals surface area contributed by atoms with Crippen LogP contribution in [0.25, 0.3) is 0 Å². The van der Waals surface area contributed by atoms with Gasteiger partial charge in [0.05, 0.1) is 12.6 Å². The lowest BCUT2D eigenvalue weighted by molar-refractivity contribution is -0.151. The number of piperidine rings is 1. The van der Waals surface area contributed by atoms with Crippen molar-refractivity contribution in [1.82, 2.24) is 25.1 Å². The molecule has 1 aliphatic carbocycles. The van der Waals surface area contributed by atoms with Crippen molar-refractivity contribution in [2.75, 3.05) is 6.54 Å². The molecule has 1 aliphatic heterocycles. The van der Waals surface area contributed by atoms with Crippen molar-refractivity contribution in [2.45, 2.75) is 58.2 Å². The first-order valence-corrected chi connectivity index (χ1v) is 7.22. The Morgan fingerprint density at radius 2 is 2.20 bits per heavy atom. The van der Waals surface area contributed by atoms with E-state index in [1.165, 1.54) is 0 Å². The first kappa shape index (κ1) is 13.5. The fourth-order valence-corrected chi connectivity index (χ4v) is 3.26. The maximum absolute atomic E-state index is 11.6. The second-order valence-electron chi connectivity index (χ2n) is 6.57. The fourth-order valence-electron chi connectivity index (χ4n) is 3.26. The van der Waals surface area contributed by atoms with E-state index < -0.39 is 12.0 Å². The van der Waals surface area contributed by atoms with Gasteiger partial charge in [-0.05, 0) is 48.1 Å². The van der Waals surface area contributed by atoms with Gasteiger partial charge in [0.25, 0.3) is 0 Å². The Bertz CT molecular complexity index is 509. The third-order valence-electron chi connectivity index (χ3n) is 4.40. The van der Waals surface area contributed by atoms with E-state index in [-0.39, 0.29) is 5.41 Å². The largest absolute Gasteiger partial charge is 0.480 e. The molecule has 0 amide bonds. The van der Waals surface area contributed by atoms with Gasteiger partial charge >= 0.3 is 5.97 Å². The van der Waals surface area contributed by atoms with Gasteiger partial charge in [0.2, 0.25) is 0 Å². The molecule has 7 heteroatoms. The number of aliphatic carboxylic acids is 1. The van der Waals surface area contributed by atoms with Gasteiger partial charge in [-0.1, -0.05) is 13.8 Å². The number of hydrogen-bond acceptors (Lipinski definition) is 5. The van der Waals surface area contributed by atoms with Crippen LogP contribution >= 0.6 is 0 Å². The number of aromatic nitrogens is 4. The number of carboxylic acid groups (broad SMARTS) is 1. The van der Waals surface area contributed by atoms with Crippen LogP contribution in [0.15, 0.2) is 0 Å². The van der Waals surface area contributed by atoms with Gasteiger partial charge in [0, 0.05) is 0 Å². The van der Waals surface area contributed by atoms with Gasteiger partial charge in [0.15, 0.2) is 5.82 Å². The molecule has 7 nitrogen and oxygen atoms in total. The minimum atomic E-state index is -0.750. The Kier molecular flexibility index (Phi) is 3.24. The SMILES string of the molecule is CC1(C)CCCN(Cc2nnnn2C2CC2)C1C(=O)O. The van der Waals surface area contributed by atoms with E-state index in [0.29, 0.717) is 12.6 Å². The molecule has 20 heavy (non-hydrogen) atoms. The Balaban J connectivity index is 1.80. The Morgan fingerprint density at radius 3 is 2.85 bits per heavy atom. The highest BCUT2D eigenvalue weighted by molar-refractivity contribution is 5.74. The number of likely N-dealkylation sites (tertiary alicyclic amines) is 1. The van der Waals surface area contributed by atoms with Gasteiger partial charge in [-0.3, -0.25) is 9.69 Å². The molecule has 0 radical (unpaired) electrons. The fraction of sp³-hybridized carbons (Fsp3) is 0.846. The number of rotatable bonds is 4. The van der Waals surface area contributed by atoms with E-state index in [1.807, 2.05) is 23.4 Å². The van der Waals surface area contributed by atoms with E-state index in [4.69, 9.17) is 0 Å². The van der Waals surface area contributed by atoms with E-state index in [0.717, 1.165) is 38.1 Å². The second kappa shape index (κ2) is 4.80. The number of carbonyl (C=O) groups is 1. The maximum atomic E-state index is 11.6. The molecule has 2 fully saturated rings. The van der Waals surface area contributed by atoms with Crippen molar-refractivity contribution >= 4 is 5.97 Å². The molecule has 0 spiro atoms. The van der Waals surface area contributed by atoms with Crippen molar-refractivity contribution in [3.63, 3.8) is 0 Å². The summed E-state index contributed by atoms with van der Waals surface area (Å²) in [6.45, 7) is 5.37. The summed E-state index contributed by atoms with van der Waals surface area (Å²) in [5.41, 5.74) is -0.220. The van der Waals surface area contributed by atoms with E-state index >= 15 is 0 Å². The molecule has 1 aromatic heterocycles. The van der Waals surface area contributed by atoms with E-state index in [1.54, 1.807) is 0 Å². The highest BCUT2D eigenvalue weighted by atomic mass is 16.4. The van der Waals surface area contributed by atoms with Gasteiger partial charge in [-0.2, -0.15) is 0 Å². The first-order valence-electron chi connectivity index (χ1n) is 7.22. The highest BCUT2D eigenvalue weighted by Crippen LogP contribution is 2.37. The van der Waals surface area contributed by atoms with Gasteiger partial charge in [-0.15, -0.1) is 5.10 Å². The lowest BCUT2D eigenvalue weighted by Crippen LogP contribution is -2.53. The average Bonchev–Trinajstić information content (AvgIpc) is 3.09. The third kappa shape index (κ3) is 2.42. The first-order chi connectivity index (χ1) is 9.49. The lowest BCUT2D eigenvalue weighted by Gasteiger charge is -2.43. The van der Waals surface area contributed by atoms with Gasteiger partial charge < -0.3 is 5.11 Å². The Hall–Kier alpha value is -1.50. The summed E-state index contributed by atoms with van der Waals surface area (Å²) in [7, 11) is 0. The third-order valence-corrected chi connectivity index (χ3v) is 4.40. The summed E-state index contributed by atoms with van der Waals surface area (Å²) in [5, 5.41) is 21.4. The van der Waals surface area contributed by atoms with Crippen LogP contribution in [0.1, 0.15) is 51.4 Å². The quantitative estimate of drug-likeness (QED) is 0.888. The molecule has 1 unspecified atom stereocenters. The zero-order valence-electron chi connectivity index (χ0n) is 12.0. The molecule has 1 N–H and O–H groups in total. The van der Waals surface area contributed by atoms with Crippen LogP contribution in [0.4, 0.5) is 0 Å². The van der Waals surface area contributed by atoms with Crippen molar-refractivity contribution < 1.29 is 9.90 Å². The van der Waals surface area contributed by atoms with Crippen molar-refractivity contribution in [1.29, 1.82) is 0 Å². The zero-order chi connectivity index (χ0) is 14.3. The summed E-state index contributed by atoms with van der Waals surface area (Å²) in [6.07, 6.45) is 4.19. The molecule has 2 heterocycles. The van der Waals surface area contributed by atoms with E-state index in [2.05, 4.69) is 15.5 Å². The molecule has 1 saturated carbocycles. The lowest BCUT2D eigenvalue weighted by atomic mass is 9.76. The van der Waals surface area contributed by atoms with Crippen LogP contribution in [0.2, 0.25) is 0 Å². The summed E-state index contributed by atoms with van der Waals surface area (Å²) >= 11 is 0. The molecule has 2 aliphatic rings.